The first-order valence-corrected chi connectivity index (χ1v) is 8.25. The van der Waals surface area contributed by atoms with Gasteiger partial charge in [0, 0.05) is 16.5 Å². The number of imide groups is 1. The number of rotatable bonds is 1. The van der Waals surface area contributed by atoms with Crippen LogP contribution in [0.3, 0.4) is 0 Å². The van der Waals surface area contributed by atoms with Crippen LogP contribution < -0.4 is 4.90 Å². The first-order chi connectivity index (χ1) is 11.7. The zero-order valence-corrected chi connectivity index (χ0v) is 13.4. The number of carbonyl (C=O) groups excluding carboxylic acids is 2. The fraction of sp³-hybridized carbons (Fsp3) is 0.100. The molecule has 0 radical (unpaired) electrons. The molecule has 5 rings (SSSR count). The fourth-order valence-electron chi connectivity index (χ4n) is 3.87. The highest BCUT2D eigenvalue weighted by Gasteiger charge is 2.36. The van der Waals surface area contributed by atoms with Crippen LogP contribution in [0.25, 0.3) is 10.8 Å². The third-order valence-corrected chi connectivity index (χ3v) is 5.28. The number of para-hydroxylation sites is 1. The van der Waals surface area contributed by atoms with Gasteiger partial charge in [-0.2, -0.15) is 0 Å². The first-order valence-electron chi connectivity index (χ1n) is 7.87. The van der Waals surface area contributed by atoms with Crippen molar-refractivity contribution in [2.24, 2.45) is 0 Å². The summed E-state index contributed by atoms with van der Waals surface area (Å²) < 4.78 is 0. The van der Waals surface area contributed by atoms with Gasteiger partial charge in [0.2, 0.25) is 0 Å². The van der Waals surface area contributed by atoms with Crippen molar-refractivity contribution in [3.8, 4) is 0 Å². The highest BCUT2D eigenvalue weighted by molar-refractivity contribution is 6.40. The molecule has 0 fully saturated rings. The summed E-state index contributed by atoms with van der Waals surface area (Å²) in [5.74, 6) is -0.618. The first kappa shape index (κ1) is 13.8. The summed E-state index contributed by atoms with van der Waals surface area (Å²) in [6.45, 7) is 0. The molecule has 0 atom stereocenters. The van der Waals surface area contributed by atoms with Gasteiger partial charge in [-0.25, -0.2) is 4.90 Å². The standard InChI is InChI=1S/C20H12ClNO2/c21-15-3-1-2-4-16(15)22-19(23)13-9-7-11-5-6-12-8-10-14(20(22)24)18(13)17(11)12/h1-4,7-10H,5-6H2. The lowest BCUT2D eigenvalue weighted by atomic mass is 9.91. The predicted octanol–water partition coefficient (Wildman–Crippen LogP) is 4.39. The summed E-state index contributed by atoms with van der Waals surface area (Å²) in [5, 5.41) is 2.28. The van der Waals surface area contributed by atoms with E-state index in [9.17, 15) is 9.59 Å². The van der Waals surface area contributed by atoms with Crippen LogP contribution in [0, 0.1) is 0 Å². The summed E-state index contributed by atoms with van der Waals surface area (Å²) >= 11 is 6.23. The molecule has 1 aliphatic carbocycles. The number of carbonyl (C=O) groups is 2. The van der Waals surface area contributed by atoms with Gasteiger partial charge in [0.25, 0.3) is 11.8 Å². The monoisotopic (exact) mass is 333 g/mol. The number of amides is 2. The van der Waals surface area contributed by atoms with Crippen molar-refractivity contribution in [2.75, 3.05) is 4.90 Å². The lowest BCUT2D eigenvalue weighted by Crippen LogP contribution is -2.40. The Morgan fingerprint density at radius 1 is 0.750 bits per heavy atom. The molecule has 1 heterocycles. The molecule has 2 aliphatic rings. The zero-order chi connectivity index (χ0) is 16.4. The summed E-state index contributed by atoms with van der Waals surface area (Å²) in [4.78, 5) is 27.3. The van der Waals surface area contributed by atoms with E-state index in [0.29, 0.717) is 21.8 Å². The minimum atomic E-state index is -0.309. The van der Waals surface area contributed by atoms with Crippen molar-refractivity contribution < 1.29 is 9.59 Å². The molecule has 0 aromatic heterocycles. The molecule has 1 aliphatic heterocycles. The van der Waals surface area contributed by atoms with Crippen molar-refractivity contribution >= 4 is 39.9 Å². The molecule has 2 amide bonds. The van der Waals surface area contributed by atoms with E-state index in [1.807, 2.05) is 24.3 Å². The largest absolute Gasteiger partial charge is 0.268 e. The maximum atomic E-state index is 13.1. The third-order valence-electron chi connectivity index (χ3n) is 4.96. The Labute approximate surface area is 143 Å². The van der Waals surface area contributed by atoms with E-state index in [0.717, 1.165) is 23.6 Å². The Morgan fingerprint density at radius 3 is 1.92 bits per heavy atom. The van der Waals surface area contributed by atoms with Crippen LogP contribution in [-0.4, -0.2) is 11.8 Å². The smallest absolute Gasteiger partial charge is 0.266 e. The number of aryl methyl sites for hydroxylation is 2. The van der Waals surface area contributed by atoms with Crippen LogP contribution in [0.4, 0.5) is 5.69 Å². The van der Waals surface area contributed by atoms with Crippen molar-refractivity contribution in [3.63, 3.8) is 0 Å². The van der Waals surface area contributed by atoms with Crippen LogP contribution in [0.1, 0.15) is 31.8 Å². The van der Waals surface area contributed by atoms with Crippen LogP contribution in [0.15, 0.2) is 48.5 Å². The van der Waals surface area contributed by atoms with E-state index in [1.165, 1.54) is 16.0 Å². The van der Waals surface area contributed by atoms with Crippen LogP contribution in [-0.2, 0) is 12.8 Å². The molecular weight excluding hydrogens is 322 g/mol. The lowest BCUT2D eigenvalue weighted by molar-refractivity contribution is 0.0893. The topological polar surface area (TPSA) is 37.4 Å². The minimum Gasteiger partial charge on any atom is -0.268 e. The second-order valence-electron chi connectivity index (χ2n) is 6.19. The molecule has 4 heteroatoms. The highest BCUT2D eigenvalue weighted by atomic mass is 35.5. The van der Waals surface area contributed by atoms with Crippen molar-refractivity contribution in [1.29, 1.82) is 0 Å². The second-order valence-corrected chi connectivity index (χ2v) is 6.60. The maximum Gasteiger partial charge on any atom is 0.266 e. The van der Waals surface area contributed by atoms with E-state index in [1.54, 1.807) is 24.3 Å². The average Bonchev–Trinajstić information content (AvgIpc) is 3.01. The van der Waals surface area contributed by atoms with Gasteiger partial charge in [-0.3, -0.25) is 9.59 Å². The molecule has 3 nitrogen and oxygen atoms in total. The number of halogens is 1. The van der Waals surface area contributed by atoms with Gasteiger partial charge in [0.1, 0.15) is 0 Å². The number of nitrogens with zero attached hydrogens (tertiary/aromatic N) is 1. The van der Waals surface area contributed by atoms with Gasteiger partial charge in [-0.15, -0.1) is 0 Å². The molecule has 0 N–H and O–H groups in total. The molecule has 116 valence electrons. The highest BCUT2D eigenvalue weighted by Crippen LogP contribution is 2.40. The molecule has 0 saturated carbocycles. The Hall–Kier alpha value is -2.65. The van der Waals surface area contributed by atoms with Crippen LogP contribution >= 0.6 is 11.6 Å². The summed E-state index contributed by atoms with van der Waals surface area (Å²) in [5.41, 5.74) is 4.02. The molecule has 3 aromatic carbocycles. The molecule has 0 unspecified atom stereocenters. The molecular formula is C20H12ClNO2. The van der Waals surface area contributed by atoms with Crippen LogP contribution in [0.2, 0.25) is 5.02 Å². The summed E-state index contributed by atoms with van der Waals surface area (Å²) in [7, 11) is 0. The predicted molar refractivity (Wildman–Crippen MR) is 93.9 cm³/mol. The van der Waals surface area contributed by atoms with E-state index >= 15 is 0 Å². The van der Waals surface area contributed by atoms with E-state index in [4.69, 9.17) is 11.6 Å². The van der Waals surface area contributed by atoms with Gasteiger partial charge in [0.15, 0.2) is 0 Å². The van der Waals surface area contributed by atoms with Gasteiger partial charge in [-0.1, -0.05) is 35.9 Å². The van der Waals surface area contributed by atoms with Gasteiger partial charge in [0.05, 0.1) is 10.7 Å². The molecule has 3 aromatic rings. The number of hydrogen-bond acceptors (Lipinski definition) is 2. The SMILES string of the molecule is O=C1c2ccc3c4c(ccc(c24)C(=O)N1c1ccccc1Cl)CC3. The van der Waals surface area contributed by atoms with Gasteiger partial charge >= 0.3 is 0 Å². The molecule has 0 saturated heterocycles. The maximum absolute atomic E-state index is 13.1. The van der Waals surface area contributed by atoms with Crippen LogP contribution in [0.5, 0.6) is 0 Å². The fourth-order valence-corrected chi connectivity index (χ4v) is 4.09. The quantitative estimate of drug-likeness (QED) is 0.619. The Morgan fingerprint density at radius 2 is 1.33 bits per heavy atom. The van der Waals surface area contributed by atoms with E-state index < -0.39 is 0 Å². The Balaban J connectivity index is 1.83. The Bertz CT molecular complexity index is 1010. The number of benzene rings is 3. The van der Waals surface area contributed by atoms with Crippen molar-refractivity contribution in [3.05, 3.63) is 75.8 Å². The van der Waals surface area contributed by atoms with Crippen molar-refractivity contribution in [2.45, 2.75) is 12.8 Å². The number of anilines is 1. The Kier molecular flexibility index (Phi) is 2.68. The zero-order valence-electron chi connectivity index (χ0n) is 12.7. The normalized spacial score (nSPS) is 15.5. The number of hydrogen-bond donors (Lipinski definition) is 0. The minimum absolute atomic E-state index is 0.309. The van der Waals surface area contributed by atoms with E-state index in [2.05, 4.69) is 0 Å². The third kappa shape index (κ3) is 1.62. The van der Waals surface area contributed by atoms with Gasteiger partial charge < -0.3 is 0 Å². The summed E-state index contributed by atoms with van der Waals surface area (Å²) in [6.07, 6.45) is 1.93. The molecule has 0 spiro atoms. The second kappa shape index (κ2) is 4.68. The summed E-state index contributed by atoms with van der Waals surface area (Å²) in [6, 6.07) is 14.6. The van der Waals surface area contributed by atoms with Crippen molar-refractivity contribution in [1.82, 2.24) is 0 Å². The average molecular weight is 334 g/mol. The lowest BCUT2D eigenvalue weighted by Gasteiger charge is -2.28. The molecule has 0 bridgehead atoms. The molecule has 24 heavy (non-hydrogen) atoms. The van der Waals surface area contributed by atoms with Gasteiger partial charge in [-0.05, 0) is 53.6 Å². The van der Waals surface area contributed by atoms with E-state index in [-0.39, 0.29) is 11.8 Å².